The van der Waals surface area contributed by atoms with Gasteiger partial charge in [0.05, 0.1) is 6.04 Å². The number of rotatable bonds is 5. The predicted octanol–water partition coefficient (Wildman–Crippen LogP) is 7.85. The fraction of sp³-hybridized carbons (Fsp3) is 0.463. The van der Waals surface area contributed by atoms with Gasteiger partial charge >= 0.3 is 12.1 Å². The monoisotopic (exact) mass is 731 g/mol. The number of hydrogen-bond acceptors (Lipinski definition) is 6. The fourth-order valence-electron chi connectivity index (χ4n) is 8.36. The van der Waals surface area contributed by atoms with Crippen molar-refractivity contribution in [1.29, 1.82) is 0 Å². The minimum atomic E-state index is -1.47. The zero-order valence-electron chi connectivity index (χ0n) is 29.0. The third kappa shape index (κ3) is 7.38. The van der Waals surface area contributed by atoms with E-state index in [1.165, 1.54) is 43.3 Å². The van der Waals surface area contributed by atoms with E-state index in [-0.39, 0.29) is 55.9 Å². The second kappa shape index (κ2) is 15.3. The Hall–Kier alpha value is -4.84. The molecular formula is C41H51F2N5O5. The molecule has 10 nitrogen and oxygen atoms in total. The molecule has 5 aliphatic rings. The summed E-state index contributed by atoms with van der Waals surface area (Å²) in [7, 11) is 1.53. The van der Waals surface area contributed by atoms with Crippen LogP contribution in [0.15, 0.2) is 66.7 Å². The van der Waals surface area contributed by atoms with E-state index in [2.05, 4.69) is 22.9 Å². The van der Waals surface area contributed by atoms with E-state index in [4.69, 9.17) is 4.74 Å². The van der Waals surface area contributed by atoms with Crippen molar-refractivity contribution in [1.82, 2.24) is 20.4 Å². The largest absolute Gasteiger partial charge is 0.427 e. The Balaban J connectivity index is 0.000000306. The molecule has 0 radical (unpaired) electrons. The number of ether oxygens (including phenoxy) is 1. The predicted molar refractivity (Wildman–Crippen MR) is 199 cm³/mol. The lowest BCUT2D eigenvalue weighted by molar-refractivity contribution is -0.143. The van der Waals surface area contributed by atoms with Gasteiger partial charge in [-0.15, -0.1) is 0 Å². The number of amides is 5. The maximum atomic E-state index is 13.8. The van der Waals surface area contributed by atoms with Gasteiger partial charge in [0, 0.05) is 48.3 Å². The molecule has 53 heavy (non-hydrogen) atoms. The second-order valence-corrected chi connectivity index (χ2v) is 14.6. The molecule has 3 N–H and O–H groups in total. The highest BCUT2D eigenvalue weighted by Gasteiger charge is 2.68. The lowest BCUT2D eigenvalue weighted by atomic mass is 9.94. The number of hydrogen-bond donors (Lipinski definition) is 3. The number of halogens is 2. The average molecular weight is 732 g/mol. The molecule has 3 aromatic carbocycles. The summed E-state index contributed by atoms with van der Waals surface area (Å²) in [4.78, 5) is 54.8. The first kappa shape index (κ1) is 39.4. The molecule has 2 spiro atoms. The summed E-state index contributed by atoms with van der Waals surface area (Å²) in [5, 5.41) is 8.73. The molecule has 284 valence electrons. The number of anilines is 1. The van der Waals surface area contributed by atoms with Crippen molar-refractivity contribution in [3.63, 3.8) is 0 Å². The van der Waals surface area contributed by atoms with Gasteiger partial charge in [-0.2, -0.15) is 0 Å². The van der Waals surface area contributed by atoms with Crippen LogP contribution < -0.4 is 16.0 Å². The Morgan fingerprint density at radius 2 is 1.51 bits per heavy atom. The number of carbonyl (C=O) groups excluding carboxylic acids is 4. The first-order valence-corrected chi connectivity index (χ1v) is 17.7. The van der Waals surface area contributed by atoms with E-state index in [0.29, 0.717) is 36.2 Å². The number of nitrogens with zero attached hydrogens (tertiary/aromatic N) is 2. The quantitative estimate of drug-likeness (QED) is 0.246. The number of urea groups is 1. The first-order valence-electron chi connectivity index (χ1n) is 17.7. The summed E-state index contributed by atoms with van der Waals surface area (Å²) >= 11 is 0. The number of imide groups is 1. The van der Waals surface area contributed by atoms with Gasteiger partial charge in [-0.05, 0) is 105 Å². The van der Waals surface area contributed by atoms with Crippen LogP contribution in [0, 0.1) is 11.6 Å². The maximum absolute atomic E-state index is 13.8. The van der Waals surface area contributed by atoms with Crippen LogP contribution in [0.1, 0.15) is 108 Å². The van der Waals surface area contributed by atoms with Crippen LogP contribution in [-0.2, 0) is 25.3 Å². The first-order chi connectivity index (χ1) is 24.4. The normalized spacial score (nSPS) is 25.9. The van der Waals surface area contributed by atoms with Gasteiger partial charge in [-0.25, -0.2) is 23.3 Å². The summed E-state index contributed by atoms with van der Waals surface area (Å²) in [5.74, 6) is -1.39. The van der Waals surface area contributed by atoms with E-state index >= 15 is 0 Å². The highest BCUT2D eigenvalue weighted by atomic mass is 19.1. The van der Waals surface area contributed by atoms with Crippen LogP contribution in [0.5, 0.6) is 0 Å². The molecule has 3 aliphatic heterocycles. The van der Waals surface area contributed by atoms with Crippen molar-refractivity contribution in [3.05, 3.63) is 101 Å². The summed E-state index contributed by atoms with van der Waals surface area (Å²) in [6, 6.07) is 18.4. The average Bonchev–Trinajstić information content (AvgIpc) is 3.32. The standard InChI is InChI=1S/C28H29FN4O5.C11H14FN.2CH4/c1-16-3-10-22(17-4-6-18(29)7-5-17)33(16)23(34)14-32-24(35)28(38-26(32)37)15-27(11-12-27)21-13-19(8-9-20(21)28)31-25(36)30-2;1-8-2-7-11(13-8)9-3-5-10(12)6-4-9;;/h4-9,13,16,22H,3,10-12,14-15H2,1-2H3,(H2,30,31,36);3-6,8,11,13H,2,7H2,1H3;2*1H4. The van der Waals surface area contributed by atoms with Gasteiger partial charge in [0.15, 0.2) is 0 Å². The Bertz CT molecular complexity index is 1850. The summed E-state index contributed by atoms with van der Waals surface area (Å²) < 4.78 is 31.9. The zero-order valence-corrected chi connectivity index (χ0v) is 29.0. The molecular weight excluding hydrogens is 680 g/mol. The molecule has 5 atom stereocenters. The van der Waals surface area contributed by atoms with Crippen LogP contribution in [0.4, 0.5) is 24.1 Å². The SMILES string of the molecule is C.C.CC1CCC(c2ccc(F)cc2)N1.CNC(=O)Nc1ccc2c(c1)C1(CC1)CC21OC(=O)N(CC(=O)N2C(C)CCC2c2ccc(F)cc2)C1=O. The van der Waals surface area contributed by atoms with Crippen molar-refractivity contribution >= 4 is 29.6 Å². The van der Waals surface area contributed by atoms with Gasteiger partial charge in [-0.3, -0.25) is 9.59 Å². The molecule has 0 aromatic heterocycles. The molecule has 1 saturated carbocycles. The molecule has 0 bridgehead atoms. The molecule has 3 aromatic rings. The molecule has 2 aliphatic carbocycles. The number of likely N-dealkylation sites (tertiary alicyclic amines) is 1. The van der Waals surface area contributed by atoms with Crippen LogP contribution in [0.25, 0.3) is 0 Å². The molecule has 3 heterocycles. The van der Waals surface area contributed by atoms with Gasteiger partial charge in [0.25, 0.3) is 5.91 Å². The van der Waals surface area contributed by atoms with E-state index in [9.17, 15) is 28.0 Å². The van der Waals surface area contributed by atoms with Gasteiger partial charge in [0.2, 0.25) is 11.5 Å². The molecule has 8 rings (SSSR count). The summed E-state index contributed by atoms with van der Waals surface area (Å²) in [5.41, 5.74) is 2.35. The molecule has 5 amide bonds. The third-order valence-corrected chi connectivity index (χ3v) is 11.2. The fourth-order valence-corrected chi connectivity index (χ4v) is 8.36. The number of benzene rings is 3. The Kier molecular flexibility index (Phi) is 11.3. The van der Waals surface area contributed by atoms with Crippen LogP contribution >= 0.6 is 0 Å². The third-order valence-electron chi connectivity index (χ3n) is 11.2. The van der Waals surface area contributed by atoms with Gasteiger partial charge < -0.3 is 25.6 Å². The van der Waals surface area contributed by atoms with Gasteiger partial charge in [0.1, 0.15) is 18.2 Å². The molecule has 5 unspecified atom stereocenters. The molecule has 12 heteroatoms. The summed E-state index contributed by atoms with van der Waals surface area (Å²) in [6.45, 7) is 3.70. The van der Waals surface area contributed by atoms with Crippen LogP contribution in [-0.4, -0.2) is 59.4 Å². The van der Waals surface area contributed by atoms with Crippen molar-refractivity contribution in [2.24, 2.45) is 0 Å². The maximum Gasteiger partial charge on any atom is 0.418 e. The van der Waals surface area contributed by atoms with E-state index < -0.39 is 24.1 Å². The van der Waals surface area contributed by atoms with Crippen LogP contribution in [0.3, 0.4) is 0 Å². The number of fused-ring (bicyclic) bond motifs is 3. The van der Waals surface area contributed by atoms with Crippen molar-refractivity contribution in [2.45, 2.75) is 109 Å². The van der Waals surface area contributed by atoms with Gasteiger partial charge in [-0.1, -0.05) is 45.2 Å². The molecule has 3 saturated heterocycles. The van der Waals surface area contributed by atoms with Crippen molar-refractivity contribution < 1.29 is 32.7 Å². The van der Waals surface area contributed by atoms with Crippen molar-refractivity contribution in [3.8, 4) is 0 Å². The van der Waals surface area contributed by atoms with Crippen molar-refractivity contribution in [2.75, 3.05) is 18.9 Å². The Morgan fingerprint density at radius 1 is 0.868 bits per heavy atom. The minimum Gasteiger partial charge on any atom is -0.427 e. The highest BCUT2D eigenvalue weighted by molar-refractivity contribution is 6.07. The highest BCUT2D eigenvalue weighted by Crippen LogP contribution is 2.64. The Morgan fingerprint density at radius 3 is 2.09 bits per heavy atom. The van der Waals surface area contributed by atoms with E-state index in [1.807, 2.05) is 25.1 Å². The van der Waals surface area contributed by atoms with E-state index in [0.717, 1.165) is 41.7 Å². The minimum absolute atomic E-state index is 0. The molecule has 4 fully saturated rings. The second-order valence-electron chi connectivity index (χ2n) is 14.6. The van der Waals surface area contributed by atoms with Crippen LogP contribution in [0.2, 0.25) is 0 Å². The number of nitrogens with one attached hydrogen (secondary N) is 3. The zero-order chi connectivity index (χ0) is 36.1. The number of carbonyl (C=O) groups is 4. The topological polar surface area (TPSA) is 120 Å². The Labute approximate surface area is 310 Å². The lowest BCUT2D eigenvalue weighted by Crippen LogP contribution is -2.46. The summed E-state index contributed by atoms with van der Waals surface area (Å²) in [6.07, 6.45) is 5.03. The van der Waals surface area contributed by atoms with E-state index in [1.54, 1.807) is 29.2 Å². The smallest absolute Gasteiger partial charge is 0.418 e. The lowest BCUT2D eigenvalue weighted by Gasteiger charge is -2.30.